The minimum absolute atomic E-state index is 0.218. The van der Waals surface area contributed by atoms with E-state index in [4.69, 9.17) is 5.73 Å². The smallest absolute Gasteiger partial charge is 0.124 e. The third-order valence-corrected chi connectivity index (χ3v) is 3.68. The van der Waals surface area contributed by atoms with Crippen molar-refractivity contribution in [3.8, 4) is 0 Å². The Kier molecular flexibility index (Phi) is 5.15. The summed E-state index contributed by atoms with van der Waals surface area (Å²) < 4.78 is 14.2. The fraction of sp³-hybridized carbons (Fsp3) is 0.250. The lowest BCUT2D eigenvalue weighted by Crippen LogP contribution is -2.23. The third kappa shape index (κ3) is 4.05. The van der Waals surface area contributed by atoms with Gasteiger partial charge in [-0.15, -0.1) is 0 Å². The number of nitrogens with zero attached hydrogens (tertiary/aromatic N) is 1. The van der Waals surface area contributed by atoms with E-state index >= 15 is 0 Å². The zero-order valence-corrected chi connectivity index (χ0v) is 13.0. The minimum Gasteiger partial charge on any atom is -0.398 e. The maximum Gasteiger partial charge on any atom is 0.124 e. The summed E-state index contributed by atoms with van der Waals surface area (Å²) in [5.74, 6) is -0.218. The Morgan fingerprint density at radius 1 is 1.15 bits per heavy atom. The first kappa shape index (κ1) is 15.0. The van der Waals surface area contributed by atoms with Crippen molar-refractivity contribution < 1.29 is 4.39 Å². The molecule has 0 aliphatic carbocycles. The van der Waals surface area contributed by atoms with Crippen LogP contribution < -0.4 is 5.73 Å². The Morgan fingerprint density at radius 2 is 1.90 bits per heavy atom. The van der Waals surface area contributed by atoms with Gasteiger partial charge >= 0.3 is 0 Å². The van der Waals surface area contributed by atoms with Gasteiger partial charge in [0, 0.05) is 23.2 Å². The highest BCUT2D eigenvalue weighted by Gasteiger charge is 2.08. The van der Waals surface area contributed by atoms with Gasteiger partial charge in [0.05, 0.1) is 0 Å². The van der Waals surface area contributed by atoms with Crippen LogP contribution in [0, 0.1) is 5.82 Å². The zero-order chi connectivity index (χ0) is 14.5. The number of hydrogen-bond donors (Lipinski definition) is 1. The average molecular weight is 337 g/mol. The van der Waals surface area contributed by atoms with Crippen LogP contribution >= 0.6 is 15.9 Å². The molecule has 2 nitrogen and oxygen atoms in total. The molecule has 0 aliphatic heterocycles. The van der Waals surface area contributed by atoms with Crippen molar-refractivity contribution in [1.82, 2.24) is 4.90 Å². The first-order valence-corrected chi connectivity index (χ1v) is 7.38. The summed E-state index contributed by atoms with van der Waals surface area (Å²) in [5.41, 5.74) is 8.82. The van der Waals surface area contributed by atoms with E-state index in [-0.39, 0.29) is 5.82 Å². The number of halogens is 2. The lowest BCUT2D eigenvalue weighted by atomic mass is 10.1. The number of nitrogens with two attached hydrogens (primary N) is 1. The Bertz CT molecular complexity index is 566. The van der Waals surface area contributed by atoms with Gasteiger partial charge in [0.2, 0.25) is 0 Å². The zero-order valence-electron chi connectivity index (χ0n) is 11.4. The first-order valence-electron chi connectivity index (χ1n) is 6.59. The molecule has 4 heteroatoms. The Morgan fingerprint density at radius 3 is 2.55 bits per heavy atom. The van der Waals surface area contributed by atoms with Crippen LogP contribution in [0.5, 0.6) is 0 Å². The Labute approximate surface area is 127 Å². The SMILES string of the molecule is CCN(Cc1cc(F)cc(Br)c1)Cc1ccccc1N. The lowest BCUT2D eigenvalue weighted by Gasteiger charge is -2.21. The van der Waals surface area contributed by atoms with Crippen LogP contribution in [0.15, 0.2) is 46.9 Å². The predicted molar refractivity (Wildman–Crippen MR) is 84.7 cm³/mol. The molecule has 0 atom stereocenters. The number of rotatable bonds is 5. The van der Waals surface area contributed by atoms with E-state index in [0.29, 0.717) is 6.54 Å². The van der Waals surface area contributed by atoms with Crippen molar-refractivity contribution in [1.29, 1.82) is 0 Å². The maximum absolute atomic E-state index is 13.4. The summed E-state index contributed by atoms with van der Waals surface area (Å²) >= 11 is 3.32. The van der Waals surface area contributed by atoms with Crippen molar-refractivity contribution >= 4 is 21.6 Å². The highest BCUT2D eigenvalue weighted by molar-refractivity contribution is 9.10. The van der Waals surface area contributed by atoms with Crippen molar-refractivity contribution in [2.45, 2.75) is 20.0 Å². The van der Waals surface area contributed by atoms with Gasteiger partial charge in [-0.1, -0.05) is 41.1 Å². The summed E-state index contributed by atoms with van der Waals surface area (Å²) in [6.45, 7) is 4.43. The van der Waals surface area contributed by atoms with Gasteiger partial charge in [-0.2, -0.15) is 0 Å². The first-order chi connectivity index (χ1) is 9.58. The van der Waals surface area contributed by atoms with Crippen molar-refractivity contribution in [2.24, 2.45) is 0 Å². The van der Waals surface area contributed by atoms with Gasteiger partial charge in [-0.3, -0.25) is 4.90 Å². The van der Waals surface area contributed by atoms with Crippen LogP contribution in [0.3, 0.4) is 0 Å². The maximum atomic E-state index is 13.4. The van der Waals surface area contributed by atoms with Crippen LogP contribution in [-0.4, -0.2) is 11.4 Å². The standard InChI is InChI=1S/C16H18BrFN2/c1-2-20(11-13-5-3-4-6-16(13)19)10-12-7-14(17)9-15(18)8-12/h3-9H,2,10-11,19H2,1H3. The largest absolute Gasteiger partial charge is 0.398 e. The molecule has 0 aromatic heterocycles. The van der Waals surface area contributed by atoms with Crippen LogP contribution in [0.2, 0.25) is 0 Å². The van der Waals surface area contributed by atoms with Crippen molar-refractivity contribution in [3.05, 3.63) is 63.9 Å². The van der Waals surface area contributed by atoms with E-state index < -0.39 is 0 Å². The van der Waals surface area contributed by atoms with Gasteiger partial charge in [0.1, 0.15) is 5.82 Å². The Hall–Kier alpha value is -1.39. The molecule has 106 valence electrons. The number of para-hydroxylation sites is 1. The third-order valence-electron chi connectivity index (χ3n) is 3.22. The Balaban J connectivity index is 2.11. The molecule has 0 unspecified atom stereocenters. The van der Waals surface area contributed by atoms with Crippen molar-refractivity contribution in [2.75, 3.05) is 12.3 Å². The van der Waals surface area contributed by atoms with Crippen LogP contribution in [0.1, 0.15) is 18.1 Å². The molecule has 2 N–H and O–H groups in total. The van der Waals surface area contributed by atoms with Gasteiger partial charge in [-0.05, 0) is 41.9 Å². The molecule has 0 heterocycles. The topological polar surface area (TPSA) is 29.3 Å². The molecule has 2 aromatic carbocycles. The summed E-state index contributed by atoms with van der Waals surface area (Å²) in [7, 11) is 0. The van der Waals surface area contributed by atoms with E-state index in [1.165, 1.54) is 6.07 Å². The molecule has 0 aliphatic rings. The summed E-state index contributed by atoms with van der Waals surface area (Å²) in [6.07, 6.45) is 0. The van der Waals surface area contributed by atoms with Crippen LogP contribution in [-0.2, 0) is 13.1 Å². The molecule has 0 bridgehead atoms. The number of anilines is 1. The molecule has 0 fully saturated rings. The van der Waals surface area contributed by atoms with E-state index in [0.717, 1.165) is 34.4 Å². The molecule has 2 aromatic rings. The molecule has 2 rings (SSSR count). The molecule has 0 amide bonds. The number of nitrogen functional groups attached to an aromatic ring is 1. The van der Waals surface area contributed by atoms with E-state index in [1.807, 2.05) is 30.3 Å². The highest BCUT2D eigenvalue weighted by atomic mass is 79.9. The monoisotopic (exact) mass is 336 g/mol. The second kappa shape index (κ2) is 6.86. The normalized spacial score (nSPS) is 11.0. The fourth-order valence-electron chi connectivity index (χ4n) is 2.16. The summed E-state index contributed by atoms with van der Waals surface area (Å²) in [6, 6.07) is 12.8. The van der Waals surface area contributed by atoms with E-state index in [9.17, 15) is 4.39 Å². The minimum atomic E-state index is -0.218. The fourth-order valence-corrected chi connectivity index (χ4v) is 2.67. The predicted octanol–water partition coefficient (Wildman–Crippen LogP) is 4.19. The molecule has 0 spiro atoms. The van der Waals surface area contributed by atoms with E-state index in [1.54, 1.807) is 6.07 Å². The molecular formula is C16H18BrFN2. The van der Waals surface area contributed by atoms with E-state index in [2.05, 4.69) is 27.8 Å². The van der Waals surface area contributed by atoms with Gasteiger partial charge in [-0.25, -0.2) is 4.39 Å². The second-order valence-electron chi connectivity index (χ2n) is 4.78. The van der Waals surface area contributed by atoms with Gasteiger partial charge in [0.15, 0.2) is 0 Å². The molecular weight excluding hydrogens is 319 g/mol. The second-order valence-corrected chi connectivity index (χ2v) is 5.70. The molecule has 0 radical (unpaired) electrons. The molecule has 20 heavy (non-hydrogen) atoms. The van der Waals surface area contributed by atoms with Crippen LogP contribution in [0.25, 0.3) is 0 Å². The summed E-state index contributed by atoms with van der Waals surface area (Å²) in [5, 5.41) is 0. The van der Waals surface area contributed by atoms with Gasteiger partial charge in [0.25, 0.3) is 0 Å². The highest BCUT2D eigenvalue weighted by Crippen LogP contribution is 2.19. The average Bonchev–Trinajstić information content (AvgIpc) is 2.39. The molecule has 0 saturated carbocycles. The van der Waals surface area contributed by atoms with Crippen LogP contribution in [0.4, 0.5) is 10.1 Å². The number of benzene rings is 2. The number of hydrogen-bond acceptors (Lipinski definition) is 2. The molecule has 0 saturated heterocycles. The van der Waals surface area contributed by atoms with Crippen molar-refractivity contribution in [3.63, 3.8) is 0 Å². The van der Waals surface area contributed by atoms with Gasteiger partial charge < -0.3 is 5.73 Å². The quantitative estimate of drug-likeness (QED) is 0.829. The lowest BCUT2D eigenvalue weighted by molar-refractivity contribution is 0.271. The summed E-state index contributed by atoms with van der Waals surface area (Å²) in [4.78, 5) is 2.23.